The van der Waals surface area contributed by atoms with Crippen LogP contribution < -0.4 is 4.74 Å². The van der Waals surface area contributed by atoms with Gasteiger partial charge in [0, 0.05) is 11.1 Å². The maximum Gasteiger partial charge on any atom is 0.228 e. The first kappa shape index (κ1) is 16.6. The summed E-state index contributed by atoms with van der Waals surface area (Å²) in [5.74, 6) is 0.172. The van der Waals surface area contributed by atoms with Gasteiger partial charge < -0.3 is 24.8 Å². The Kier molecular flexibility index (Phi) is 4.92. The van der Waals surface area contributed by atoms with Crippen LogP contribution in [0.5, 0.6) is 5.75 Å². The molecule has 1 aliphatic heterocycles. The average molecular weight is 330 g/mol. The van der Waals surface area contributed by atoms with Crippen LogP contribution in [0.3, 0.4) is 0 Å². The quantitative estimate of drug-likeness (QED) is 0.716. The third-order valence-electron chi connectivity index (χ3n) is 3.84. The van der Waals surface area contributed by atoms with Gasteiger partial charge in [-0.15, -0.1) is 0 Å². The summed E-state index contributed by atoms with van der Waals surface area (Å²) in [4.78, 5) is 12.4. The standard InChI is InChI=1S/C18H18O6/c19-14-10-23-18(17(22)16(14)21)24-13-8-4-7-12(9-13)15(20)11-5-2-1-3-6-11/h1-9,14,16-19,21-22H,10H2/t14-,16+,17-,18+/m1/s1. The number of carbonyl (C=O) groups is 1. The first-order chi connectivity index (χ1) is 11.6. The topological polar surface area (TPSA) is 96.2 Å². The number of aliphatic hydroxyl groups excluding tert-OH is 3. The number of benzene rings is 2. The normalized spacial score (nSPS) is 26.8. The van der Waals surface area contributed by atoms with Crippen molar-refractivity contribution in [2.75, 3.05) is 6.61 Å². The molecule has 1 saturated heterocycles. The summed E-state index contributed by atoms with van der Waals surface area (Å²) < 4.78 is 10.7. The summed E-state index contributed by atoms with van der Waals surface area (Å²) in [6, 6.07) is 15.3. The number of hydrogen-bond acceptors (Lipinski definition) is 6. The fraction of sp³-hybridized carbons (Fsp3) is 0.278. The van der Waals surface area contributed by atoms with E-state index in [0.717, 1.165) is 0 Å². The van der Waals surface area contributed by atoms with E-state index in [1.165, 1.54) is 0 Å². The summed E-state index contributed by atoms with van der Waals surface area (Å²) in [5.41, 5.74) is 0.992. The smallest absolute Gasteiger partial charge is 0.228 e. The van der Waals surface area contributed by atoms with Gasteiger partial charge in [0.15, 0.2) is 5.78 Å². The van der Waals surface area contributed by atoms with E-state index in [-0.39, 0.29) is 12.4 Å². The fourth-order valence-electron chi connectivity index (χ4n) is 2.48. The van der Waals surface area contributed by atoms with Crippen molar-refractivity contribution in [3.05, 3.63) is 65.7 Å². The lowest BCUT2D eigenvalue weighted by atomic mass is 10.0. The number of carbonyl (C=O) groups excluding carboxylic acids is 1. The van der Waals surface area contributed by atoms with Crippen LogP contribution in [-0.2, 0) is 4.74 Å². The zero-order valence-corrected chi connectivity index (χ0v) is 12.8. The molecule has 0 unspecified atom stereocenters. The highest BCUT2D eigenvalue weighted by Crippen LogP contribution is 2.22. The lowest BCUT2D eigenvalue weighted by molar-refractivity contribution is -0.242. The predicted molar refractivity (Wildman–Crippen MR) is 84.7 cm³/mol. The molecule has 0 bridgehead atoms. The maximum atomic E-state index is 12.4. The molecule has 0 saturated carbocycles. The predicted octanol–water partition coefficient (Wildman–Crippen LogP) is 0.735. The zero-order valence-electron chi connectivity index (χ0n) is 12.8. The summed E-state index contributed by atoms with van der Waals surface area (Å²) in [7, 11) is 0. The van der Waals surface area contributed by atoms with Crippen molar-refractivity contribution in [2.24, 2.45) is 0 Å². The second-order valence-electron chi connectivity index (χ2n) is 5.59. The van der Waals surface area contributed by atoms with Gasteiger partial charge >= 0.3 is 0 Å². The minimum Gasteiger partial charge on any atom is -0.462 e. The molecule has 3 rings (SSSR count). The molecule has 2 aromatic carbocycles. The Morgan fingerprint density at radius 3 is 2.42 bits per heavy atom. The van der Waals surface area contributed by atoms with E-state index >= 15 is 0 Å². The van der Waals surface area contributed by atoms with Crippen LogP contribution in [0, 0.1) is 0 Å². The molecule has 126 valence electrons. The van der Waals surface area contributed by atoms with Gasteiger partial charge in [0.2, 0.25) is 6.29 Å². The summed E-state index contributed by atoms with van der Waals surface area (Å²) in [6.45, 7) is -0.147. The second kappa shape index (κ2) is 7.11. The van der Waals surface area contributed by atoms with Gasteiger partial charge in [-0.3, -0.25) is 4.79 Å². The molecule has 0 aliphatic carbocycles. The minimum atomic E-state index is -1.39. The van der Waals surface area contributed by atoms with Crippen molar-refractivity contribution in [1.29, 1.82) is 0 Å². The molecule has 1 aliphatic rings. The molecule has 6 nitrogen and oxygen atoms in total. The Balaban J connectivity index is 1.75. The number of hydrogen-bond donors (Lipinski definition) is 3. The van der Waals surface area contributed by atoms with E-state index in [4.69, 9.17) is 9.47 Å². The van der Waals surface area contributed by atoms with Crippen molar-refractivity contribution >= 4 is 5.78 Å². The second-order valence-corrected chi connectivity index (χ2v) is 5.59. The highest BCUT2D eigenvalue weighted by atomic mass is 16.7. The van der Waals surface area contributed by atoms with E-state index in [2.05, 4.69) is 0 Å². The molecule has 1 heterocycles. The van der Waals surface area contributed by atoms with Gasteiger partial charge in [-0.1, -0.05) is 42.5 Å². The molecule has 4 atom stereocenters. The van der Waals surface area contributed by atoms with Crippen molar-refractivity contribution in [3.63, 3.8) is 0 Å². The van der Waals surface area contributed by atoms with Crippen LogP contribution in [0.2, 0.25) is 0 Å². The van der Waals surface area contributed by atoms with Gasteiger partial charge in [-0.2, -0.15) is 0 Å². The van der Waals surface area contributed by atoms with Crippen molar-refractivity contribution in [2.45, 2.75) is 24.6 Å². The Hall–Kier alpha value is -2.25. The van der Waals surface area contributed by atoms with Crippen LogP contribution in [-0.4, -0.2) is 52.3 Å². The van der Waals surface area contributed by atoms with Gasteiger partial charge in [-0.05, 0) is 12.1 Å². The maximum absolute atomic E-state index is 12.4. The molecular formula is C18H18O6. The molecular weight excluding hydrogens is 312 g/mol. The Morgan fingerprint density at radius 1 is 0.958 bits per heavy atom. The number of rotatable bonds is 4. The Bertz CT molecular complexity index is 702. The van der Waals surface area contributed by atoms with Crippen LogP contribution in [0.25, 0.3) is 0 Å². The molecule has 24 heavy (non-hydrogen) atoms. The summed E-state index contributed by atoms with van der Waals surface area (Å²) >= 11 is 0. The first-order valence-corrected chi connectivity index (χ1v) is 7.58. The van der Waals surface area contributed by atoms with E-state index in [9.17, 15) is 20.1 Å². The Labute approximate surface area is 138 Å². The van der Waals surface area contributed by atoms with Crippen molar-refractivity contribution in [3.8, 4) is 5.75 Å². The van der Waals surface area contributed by atoms with E-state index in [1.54, 1.807) is 48.5 Å². The van der Waals surface area contributed by atoms with E-state index in [1.807, 2.05) is 6.07 Å². The minimum absolute atomic E-state index is 0.147. The molecule has 1 fully saturated rings. The zero-order chi connectivity index (χ0) is 17.1. The molecule has 0 spiro atoms. The Morgan fingerprint density at radius 2 is 1.67 bits per heavy atom. The van der Waals surface area contributed by atoms with E-state index < -0.39 is 24.6 Å². The van der Waals surface area contributed by atoms with Crippen LogP contribution in [0.1, 0.15) is 15.9 Å². The first-order valence-electron chi connectivity index (χ1n) is 7.58. The summed E-state index contributed by atoms with van der Waals surface area (Å²) in [6.07, 6.45) is -5.02. The molecule has 3 N–H and O–H groups in total. The molecule has 0 amide bonds. The third-order valence-corrected chi connectivity index (χ3v) is 3.84. The number of aliphatic hydroxyl groups is 3. The molecule has 0 radical (unpaired) electrons. The molecule has 2 aromatic rings. The molecule has 0 aromatic heterocycles. The average Bonchev–Trinajstić information content (AvgIpc) is 2.62. The monoisotopic (exact) mass is 330 g/mol. The molecule has 6 heteroatoms. The summed E-state index contributed by atoms with van der Waals surface area (Å²) in [5, 5.41) is 29.0. The van der Waals surface area contributed by atoms with E-state index in [0.29, 0.717) is 16.9 Å². The highest BCUT2D eigenvalue weighted by Gasteiger charge is 2.39. The van der Waals surface area contributed by atoms with Gasteiger partial charge in [-0.25, -0.2) is 0 Å². The van der Waals surface area contributed by atoms with Crippen molar-refractivity contribution < 1.29 is 29.6 Å². The largest absolute Gasteiger partial charge is 0.462 e. The third kappa shape index (κ3) is 3.47. The number of ketones is 1. The van der Waals surface area contributed by atoms with Gasteiger partial charge in [0.1, 0.15) is 24.1 Å². The number of ether oxygens (including phenoxy) is 2. The van der Waals surface area contributed by atoms with Gasteiger partial charge in [0.25, 0.3) is 0 Å². The van der Waals surface area contributed by atoms with Crippen LogP contribution in [0.4, 0.5) is 0 Å². The van der Waals surface area contributed by atoms with Crippen LogP contribution in [0.15, 0.2) is 54.6 Å². The fourth-order valence-corrected chi connectivity index (χ4v) is 2.48. The van der Waals surface area contributed by atoms with Gasteiger partial charge in [0.05, 0.1) is 6.61 Å². The SMILES string of the molecule is O=C(c1ccccc1)c1cccc(O[C@@H]2OC[C@@H](O)[C@H](O)[C@H]2O)c1. The van der Waals surface area contributed by atoms with Crippen molar-refractivity contribution in [1.82, 2.24) is 0 Å². The van der Waals surface area contributed by atoms with Crippen LogP contribution >= 0.6 is 0 Å². The highest BCUT2D eigenvalue weighted by molar-refractivity contribution is 6.09. The lowest BCUT2D eigenvalue weighted by Crippen LogP contribution is -2.54. The lowest BCUT2D eigenvalue weighted by Gasteiger charge is -2.34.